The Hall–Kier alpha value is -1.90. The van der Waals surface area contributed by atoms with Crippen LogP contribution in [-0.4, -0.2) is 65.1 Å². The van der Waals surface area contributed by atoms with Gasteiger partial charge in [-0.1, -0.05) is 34.8 Å². The second kappa shape index (κ2) is 7.85. The minimum atomic E-state index is -0.926. The molecule has 0 atom stereocenters. The number of hydrogen-bond donors (Lipinski definition) is 1. The first-order valence-electron chi connectivity index (χ1n) is 9.63. The summed E-state index contributed by atoms with van der Waals surface area (Å²) >= 11 is 0. The largest absolute Gasteiger partial charge is 0.427 e. The highest BCUT2D eigenvalue weighted by atomic mass is 16.5. The highest BCUT2D eigenvalue weighted by Gasteiger charge is 2.35. The predicted octanol–water partition coefficient (Wildman–Crippen LogP) is 1.51. The molecule has 1 aliphatic rings. The Labute approximate surface area is 168 Å². The smallest absolute Gasteiger partial charge is 0.330 e. The SMILES string of the molecule is Cc1nnc(N(C)C2CN(Cc3ccc([B]OC(C)(C)C(C)(C)O)cc3)C2)o1. The van der Waals surface area contributed by atoms with Crippen LogP contribution in [0, 0.1) is 6.92 Å². The van der Waals surface area contributed by atoms with Gasteiger partial charge in [0.2, 0.25) is 5.89 Å². The minimum absolute atomic E-state index is 0.393. The lowest BCUT2D eigenvalue weighted by molar-refractivity contribution is -0.0893. The second-order valence-corrected chi connectivity index (χ2v) is 8.61. The van der Waals surface area contributed by atoms with Crippen LogP contribution in [0.25, 0.3) is 0 Å². The van der Waals surface area contributed by atoms with Crippen molar-refractivity contribution in [1.82, 2.24) is 15.1 Å². The molecule has 7 nitrogen and oxygen atoms in total. The van der Waals surface area contributed by atoms with E-state index in [1.807, 2.05) is 33.0 Å². The molecule has 1 radical (unpaired) electrons. The van der Waals surface area contributed by atoms with Crippen LogP contribution in [0.5, 0.6) is 0 Å². The standard InChI is InChI=1S/C20H30BN4O3/c1-14-22-23-18(27-14)24(6)17-12-25(13-17)11-15-7-9-16(10-8-15)21-28-20(4,5)19(2,3)26/h7-10,17,26H,11-13H2,1-6H3. The maximum Gasteiger partial charge on any atom is 0.330 e. The van der Waals surface area contributed by atoms with Crippen LogP contribution in [0.15, 0.2) is 28.7 Å². The Kier molecular flexibility index (Phi) is 5.84. The van der Waals surface area contributed by atoms with Gasteiger partial charge in [0.05, 0.1) is 17.2 Å². The lowest BCUT2D eigenvalue weighted by Gasteiger charge is -2.43. The molecule has 1 aliphatic heterocycles. The number of aliphatic hydroxyl groups is 1. The molecular formula is C20H30BN4O3. The quantitative estimate of drug-likeness (QED) is 0.691. The maximum atomic E-state index is 10.2. The van der Waals surface area contributed by atoms with Crippen molar-refractivity contribution in [2.24, 2.45) is 0 Å². The fourth-order valence-corrected chi connectivity index (χ4v) is 2.82. The summed E-state index contributed by atoms with van der Waals surface area (Å²) in [5.74, 6) is 0.588. The molecule has 2 heterocycles. The third-order valence-electron chi connectivity index (χ3n) is 5.65. The van der Waals surface area contributed by atoms with Gasteiger partial charge in [0, 0.05) is 33.6 Å². The molecule has 28 heavy (non-hydrogen) atoms. The van der Waals surface area contributed by atoms with E-state index >= 15 is 0 Å². The van der Waals surface area contributed by atoms with Crippen molar-refractivity contribution in [2.75, 3.05) is 25.0 Å². The average Bonchev–Trinajstić information content (AvgIpc) is 3.02. The molecule has 1 aromatic carbocycles. The van der Waals surface area contributed by atoms with Gasteiger partial charge < -0.3 is 19.1 Å². The Morgan fingerprint density at radius 1 is 1.21 bits per heavy atom. The molecule has 3 rings (SSSR count). The second-order valence-electron chi connectivity index (χ2n) is 8.61. The summed E-state index contributed by atoms with van der Waals surface area (Å²) in [5, 5.41) is 18.1. The summed E-state index contributed by atoms with van der Waals surface area (Å²) in [6.45, 7) is 11.9. The first-order valence-corrected chi connectivity index (χ1v) is 9.63. The van der Waals surface area contributed by atoms with Crippen molar-refractivity contribution >= 4 is 19.0 Å². The monoisotopic (exact) mass is 385 g/mol. The lowest BCUT2D eigenvalue weighted by Crippen LogP contribution is -2.58. The van der Waals surface area contributed by atoms with Gasteiger partial charge in [-0.25, -0.2) is 0 Å². The Bertz CT molecular complexity index is 779. The topological polar surface area (TPSA) is 74.9 Å². The highest BCUT2D eigenvalue weighted by Crippen LogP contribution is 2.24. The van der Waals surface area contributed by atoms with Gasteiger partial charge in [0.1, 0.15) is 0 Å². The van der Waals surface area contributed by atoms with E-state index in [1.165, 1.54) is 5.56 Å². The lowest BCUT2D eigenvalue weighted by atomic mass is 9.82. The fraction of sp³-hybridized carbons (Fsp3) is 0.600. The van der Waals surface area contributed by atoms with Gasteiger partial charge in [0.15, 0.2) is 0 Å². The van der Waals surface area contributed by atoms with Crippen LogP contribution in [0.4, 0.5) is 6.01 Å². The summed E-state index contributed by atoms with van der Waals surface area (Å²) in [6.07, 6.45) is 0. The third-order valence-corrected chi connectivity index (χ3v) is 5.65. The zero-order valence-electron chi connectivity index (χ0n) is 17.6. The molecule has 0 spiro atoms. The van der Waals surface area contributed by atoms with Crippen molar-refractivity contribution in [3.8, 4) is 0 Å². The zero-order valence-corrected chi connectivity index (χ0v) is 17.6. The predicted molar refractivity (Wildman–Crippen MR) is 110 cm³/mol. The molecule has 0 saturated carbocycles. The van der Waals surface area contributed by atoms with Crippen LogP contribution in [-0.2, 0) is 11.2 Å². The van der Waals surface area contributed by atoms with Crippen LogP contribution in [0.1, 0.15) is 39.1 Å². The molecule has 0 unspecified atom stereocenters. The van der Waals surface area contributed by atoms with Crippen molar-refractivity contribution in [1.29, 1.82) is 0 Å². The third kappa shape index (κ3) is 4.74. The molecule has 1 fully saturated rings. The van der Waals surface area contributed by atoms with Crippen molar-refractivity contribution < 1.29 is 14.2 Å². The summed E-state index contributed by atoms with van der Waals surface area (Å²) in [7, 11) is 3.71. The average molecular weight is 385 g/mol. The maximum absolute atomic E-state index is 10.2. The number of likely N-dealkylation sites (N-methyl/N-ethyl adjacent to an activating group) is 1. The number of anilines is 1. The van der Waals surface area contributed by atoms with Crippen LogP contribution in [0.2, 0.25) is 0 Å². The summed E-state index contributed by atoms with van der Waals surface area (Å²) in [5.41, 5.74) is 0.647. The number of aromatic nitrogens is 2. The summed E-state index contributed by atoms with van der Waals surface area (Å²) < 4.78 is 11.3. The molecular weight excluding hydrogens is 355 g/mol. The van der Waals surface area contributed by atoms with Crippen molar-refractivity contribution in [2.45, 2.75) is 58.4 Å². The van der Waals surface area contributed by atoms with E-state index in [2.05, 4.69) is 32.1 Å². The van der Waals surface area contributed by atoms with Gasteiger partial charge in [0.25, 0.3) is 0 Å². The van der Waals surface area contributed by atoms with Gasteiger partial charge in [-0.05, 0) is 33.3 Å². The van der Waals surface area contributed by atoms with Crippen LogP contribution < -0.4 is 10.4 Å². The number of aryl methyl sites for hydroxylation is 1. The van der Waals surface area contributed by atoms with Gasteiger partial charge >= 0.3 is 13.5 Å². The Morgan fingerprint density at radius 2 is 1.86 bits per heavy atom. The molecule has 0 amide bonds. The molecule has 1 saturated heterocycles. The first-order chi connectivity index (χ1) is 13.0. The van der Waals surface area contributed by atoms with E-state index in [0.29, 0.717) is 17.9 Å². The van der Waals surface area contributed by atoms with Crippen molar-refractivity contribution in [3.63, 3.8) is 0 Å². The van der Waals surface area contributed by atoms with Crippen LogP contribution in [0.3, 0.4) is 0 Å². The fourth-order valence-electron chi connectivity index (χ4n) is 2.82. The van der Waals surface area contributed by atoms with Crippen molar-refractivity contribution in [3.05, 3.63) is 35.7 Å². The normalized spacial score (nSPS) is 16.1. The summed E-state index contributed by atoms with van der Waals surface area (Å²) in [4.78, 5) is 4.44. The zero-order chi connectivity index (χ0) is 20.5. The summed E-state index contributed by atoms with van der Waals surface area (Å²) in [6, 6.07) is 9.29. The molecule has 2 aromatic rings. The molecule has 1 aromatic heterocycles. The van der Waals surface area contributed by atoms with Gasteiger partial charge in [-0.3, -0.25) is 4.90 Å². The number of rotatable bonds is 8. The van der Waals surface area contributed by atoms with E-state index in [4.69, 9.17) is 9.07 Å². The number of hydrogen-bond acceptors (Lipinski definition) is 7. The number of likely N-dealkylation sites (tertiary alicyclic amines) is 1. The molecule has 1 N–H and O–H groups in total. The van der Waals surface area contributed by atoms with E-state index in [9.17, 15) is 5.11 Å². The Morgan fingerprint density at radius 3 is 2.39 bits per heavy atom. The Balaban J connectivity index is 1.45. The number of benzene rings is 1. The van der Waals surface area contributed by atoms with E-state index in [1.54, 1.807) is 28.3 Å². The van der Waals surface area contributed by atoms with Gasteiger partial charge in [-0.15, -0.1) is 5.10 Å². The van der Waals surface area contributed by atoms with Gasteiger partial charge in [-0.2, -0.15) is 0 Å². The molecule has 8 heteroatoms. The molecule has 0 bridgehead atoms. The van der Waals surface area contributed by atoms with E-state index in [0.717, 1.165) is 25.1 Å². The first kappa shape index (κ1) is 20.8. The van der Waals surface area contributed by atoms with E-state index < -0.39 is 11.2 Å². The van der Waals surface area contributed by atoms with Crippen LogP contribution >= 0.6 is 0 Å². The van der Waals surface area contributed by atoms with E-state index in [-0.39, 0.29) is 0 Å². The highest BCUT2D eigenvalue weighted by molar-refractivity contribution is 6.47. The number of nitrogens with zero attached hydrogens (tertiary/aromatic N) is 4. The molecule has 0 aliphatic carbocycles. The minimum Gasteiger partial charge on any atom is -0.427 e. The molecule has 151 valence electrons.